The van der Waals surface area contributed by atoms with Crippen LogP contribution in [0.15, 0.2) is 36.8 Å². The number of rotatable bonds is 5. The van der Waals surface area contributed by atoms with E-state index < -0.39 is 0 Å². The van der Waals surface area contributed by atoms with Crippen LogP contribution in [0.5, 0.6) is 0 Å². The molecular weight excluding hydrogens is 210 g/mol. The Kier molecular flexibility index (Phi) is 3.94. The van der Waals surface area contributed by atoms with E-state index in [9.17, 15) is 0 Å². The highest BCUT2D eigenvalue weighted by Gasteiger charge is 2.05. The van der Waals surface area contributed by atoms with Gasteiger partial charge < -0.3 is 10.3 Å². The lowest BCUT2D eigenvalue weighted by Crippen LogP contribution is -2.27. The van der Waals surface area contributed by atoms with Gasteiger partial charge in [0, 0.05) is 24.5 Å². The third-order valence-corrected chi connectivity index (χ3v) is 2.98. The fourth-order valence-corrected chi connectivity index (χ4v) is 1.91. The van der Waals surface area contributed by atoms with E-state index in [0.717, 1.165) is 18.7 Å². The molecule has 0 amide bonds. The second-order valence-electron chi connectivity index (χ2n) is 4.49. The Morgan fingerprint density at radius 2 is 2.18 bits per heavy atom. The molecule has 0 saturated heterocycles. The lowest BCUT2D eigenvalue weighted by Gasteiger charge is -2.14. The summed E-state index contributed by atoms with van der Waals surface area (Å²) in [6.45, 7) is 5.22. The molecule has 0 radical (unpaired) electrons. The third kappa shape index (κ3) is 3.43. The Balaban J connectivity index is 1.85. The van der Waals surface area contributed by atoms with Crippen LogP contribution in [0.25, 0.3) is 0 Å². The summed E-state index contributed by atoms with van der Waals surface area (Å²) in [6.07, 6.45) is 4.62. The fraction of sp³-hybridized carbons (Fsp3) is 0.357. The van der Waals surface area contributed by atoms with E-state index >= 15 is 0 Å². The molecule has 0 bridgehead atoms. The first-order valence-electron chi connectivity index (χ1n) is 6.01. The average molecular weight is 229 g/mol. The van der Waals surface area contributed by atoms with Crippen molar-refractivity contribution in [2.24, 2.45) is 0 Å². The summed E-state index contributed by atoms with van der Waals surface area (Å²) in [4.78, 5) is 7.10. The predicted molar refractivity (Wildman–Crippen MR) is 69.8 cm³/mol. The molecule has 2 aromatic rings. The van der Waals surface area contributed by atoms with Crippen molar-refractivity contribution < 1.29 is 0 Å². The molecule has 0 aliphatic heterocycles. The molecule has 1 aromatic heterocycles. The average Bonchev–Trinajstić information content (AvgIpc) is 2.82. The van der Waals surface area contributed by atoms with E-state index in [2.05, 4.69) is 53.4 Å². The molecule has 3 nitrogen and oxygen atoms in total. The number of aryl methyl sites for hydroxylation is 1. The number of hydrogen-bond acceptors (Lipinski definition) is 2. The number of nitrogens with one attached hydrogen (secondary N) is 2. The summed E-state index contributed by atoms with van der Waals surface area (Å²) >= 11 is 0. The van der Waals surface area contributed by atoms with Gasteiger partial charge in [0.15, 0.2) is 0 Å². The van der Waals surface area contributed by atoms with Crippen LogP contribution < -0.4 is 5.32 Å². The zero-order valence-electron chi connectivity index (χ0n) is 10.4. The molecule has 17 heavy (non-hydrogen) atoms. The highest BCUT2D eigenvalue weighted by molar-refractivity contribution is 5.26. The van der Waals surface area contributed by atoms with Crippen LogP contribution in [0, 0.1) is 6.92 Å². The second kappa shape index (κ2) is 5.64. The first kappa shape index (κ1) is 11.9. The van der Waals surface area contributed by atoms with Gasteiger partial charge in [-0.25, -0.2) is 4.98 Å². The summed E-state index contributed by atoms with van der Waals surface area (Å²) in [5.41, 5.74) is 3.90. The van der Waals surface area contributed by atoms with E-state index in [1.165, 1.54) is 11.1 Å². The minimum absolute atomic E-state index is 0.458. The number of imidazole rings is 1. The number of benzene rings is 1. The maximum Gasteiger partial charge on any atom is 0.0922 e. The molecule has 0 aliphatic carbocycles. The molecule has 1 unspecified atom stereocenters. The van der Waals surface area contributed by atoms with Gasteiger partial charge in [-0.3, -0.25) is 0 Å². The number of H-pyrrole nitrogens is 1. The van der Waals surface area contributed by atoms with Crippen LogP contribution in [-0.2, 0) is 13.0 Å². The lowest BCUT2D eigenvalue weighted by atomic mass is 10.0. The molecule has 90 valence electrons. The van der Waals surface area contributed by atoms with Crippen LogP contribution in [0.1, 0.15) is 23.7 Å². The van der Waals surface area contributed by atoms with Crippen molar-refractivity contribution in [2.75, 3.05) is 0 Å². The molecule has 1 atom stereocenters. The topological polar surface area (TPSA) is 40.7 Å². The molecule has 1 heterocycles. The Morgan fingerprint density at radius 3 is 2.88 bits per heavy atom. The van der Waals surface area contributed by atoms with E-state index in [4.69, 9.17) is 0 Å². The maximum atomic E-state index is 4.00. The molecule has 3 heteroatoms. The normalized spacial score (nSPS) is 12.6. The Bertz CT molecular complexity index is 448. The van der Waals surface area contributed by atoms with Crippen LogP contribution in [0.4, 0.5) is 0 Å². The Morgan fingerprint density at radius 1 is 1.35 bits per heavy atom. The smallest absolute Gasteiger partial charge is 0.0922 e. The fourth-order valence-electron chi connectivity index (χ4n) is 1.91. The highest BCUT2D eigenvalue weighted by atomic mass is 14.9. The van der Waals surface area contributed by atoms with Crippen molar-refractivity contribution in [2.45, 2.75) is 32.9 Å². The van der Waals surface area contributed by atoms with Crippen LogP contribution >= 0.6 is 0 Å². The summed E-state index contributed by atoms with van der Waals surface area (Å²) < 4.78 is 0. The highest BCUT2D eigenvalue weighted by Crippen LogP contribution is 2.09. The van der Waals surface area contributed by atoms with Crippen LogP contribution in [0.2, 0.25) is 0 Å². The monoisotopic (exact) mass is 229 g/mol. The van der Waals surface area contributed by atoms with Gasteiger partial charge in [0.1, 0.15) is 0 Å². The van der Waals surface area contributed by atoms with Gasteiger partial charge in [0.2, 0.25) is 0 Å². The summed E-state index contributed by atoms with van der Waals surface area (Å²) in [5, 5.41) is 3.49. The number of nitrogens with zero attached hydrogens (tertiary/aromatic N) is 1. The van der Waals surface area contributed by atoms with E-state index in [0.29, 0.717) is 6.04 Å². The first-order chi connectivity index (χ1) is 8.25. The summed E-state index contributed by atoms with van der Waals surface area (Å²) in [7, 11) is 0. The molecular formula is C14H19N3. The third-order valence-electron chi connectivity index (χ3n) is 2.98. The largest absolute Gasteiger partial charge is 0.347 e. The van der Waals surface area contributed by atoms with Gasteiger partial charge >= 0.3 is 0 Å². The van der Waals surface area contributed by atoms with Gasteiger partial charge in [-0.1, -0.05) is 24.3 Å². The summed E-state index contributed by atoms with van der Waals surface area (Å²) in [6, 6.07) is 9.01. The first-order valence-corrected chi connectivity index (χ1v) is 6.01. The van der Waals surface area contributed by atoms with Crippen molar-refractivity contribution in [1.29, 1.82) is 0 Å². The molecule has 0 fully saturated rings. The molecule has 1 aromatic carbocycles. The van der Waals surface area contributed by atoms with Gasteiger partial charge in [0.25, 0.3) is 0 Å². The van der Waals surface area contributed by atoms with Crippen LogP contribution in [-0.4, -0.2) is 16.0 Å². The molecule has 2 N–H and O–H groups in total. The number of aromatic amines is 1. The molecule has 0 aliphatic rings. The quantitative estimate of drug-likeness (QED) is 0.826. The standard InChI is InChI=1S/C14H19N3/c1-11-5-3-4-6-13(11)7-12(2)16-9-14-8-15-10-17-14/h3-6,8,10,12,16H,7,9H2,1-2H3,(H,15,17). The second-order valence-corrected chi connectivity index (χ2v) is 4.49. The van der Waals surface area contributed by atoms with E-state index in [1.54, 1.807) is 6.33 Å². The zero-order valence-corrected chi connectivity index (χ0v) is 10.4. The Hall–Kier alpha value is -1.61. The van der Waals surface area contributed by atoms with E-state index in [1.807, 2.05) is 6.20 Å². The predicted octanol–water partition coefficient (Wildman–Crippen LogP) is 2.44. The number of aromatic nitrogens is 2. The van der Waals surface area contributed by atoms with Gasteiger partial charge in [-0.15, -0.1) is 0 Å². The Labute approximate surface area is 102 Å². The van der Waals surface area contributed by atoms with Crippen molar-refractivity contribution in [3.63, 3.8) is 0 Å². The molecule has 2 rings (SSSR count). The van der Waals surface area contributed by atoms with Gasteiger partial charge in [-0.2, -0.15) is 0 Å². The molecule has 0 spiro atoms. The van der Waals surface area contributed by atoms with Crippen molar-refractivity contribution in [3.05, 3.63) is 53.6 Å². The lowest BCUT2D eigenvalue weighted by molar-refractivity contribution is 0.540. The summed E-state index contributed by atoms with van der Waals surface area (Å²) in [5.74, 6) is 0. The van der Waals surface area contributed by atoms with Gasteiger partial charge in [0.05, 0.1) is 6.33 Å². The van der Waals surface area contributed by atoms with Gasteiger partial charge in [-0.05, 0) is 31.4 Å². The minimum atomic E-state index is 0.458. The molecule has 0 saturated carbocycles. The number of hydrogen-bond donors (Lipinski definition) is 2. The maximum absolute atomic E-state index is 4.00. The van der Waals surface area contributed by atoms with Crippen molar-refractivity contribution in [3.8, 4) is 0 Å². The van der Waals surface area contributed by atoms with E-state index in [-0.39, 0.29) is 0 Å². The van der Waals surface area contributed by atoms with Crippen molar-refractivity contribution in [1.82, 2.24) is 15.3 Å². The van der Waals surface area contributed by atoms with Crippen LogP contribution in [0.3, 0.4) is 0 Å². The SMILES string of the molecule is Cc1ccccc1CC(C)NCc1cnc[nH]1. The minimum Gasteiger partial charge on any atom is -0.347 e. The zero-order chi connectivity index (χ0) is 12.1. The van der Waals surface area contributed by atoms with Crippen molar-refractivity contribution >= 4 is 0 Å².